The summed E-state index contributed by atoms with van der Waals surface area (Å²) >= 11 is 2.09. The summed E-state index contributed by atoms with van der Waals surface area (Å²) in [5, 5.41) is 17.6. The van der Waals surface area contributed by atoms with E-state index in [2.05, 4.69) is 77.2 Å². The van der Waals surface area contributed by atoms with Gasteiger partial charge in [0, 0.05) is 10.8 Å². The predicted octanol–water partition coefficient (Wildman–Crippen LogP) is 1.30. The molecule has 4 atom stereocenters. The van der Waals surface area contributed by atoms with Gasteiger partial charge in [0.25, 0.3) is 23.6 Å². The molecule has 0 saturated carbocycles. The smallest absolute Gasteiger partial charge is 0.442 e. The third-order valence-electron chi connectivity index (χ3n) is 15.1. The third-order valence-corrected chi connectivity index (χ3v) is 17.1. The van der Waals surface area contributed by atoms with Crippen LogP contribution in [-0.4, -0.2) is 135 Å². The Morgan fingerprint density at radius 3 is 1.47 bits per heavy atom. The fourth-order valence-corrected chi connectivity index (χ4v) is 12.3. The van der Waals surface area contributed by atoms with Crippen molar-refractivity contribution < 1.29 is 64.7 Å². The fourth-order valence-electron chi connectivity index (χ4n) is 10.3. The van der Waals surface area contributed by atoms with Crippen molar-refractivity contribution in [2.45, 2.75) is 115 Å². The van der Waals surface area contributed by atoms with Crippen molar-refractivity contribution in [2.75, 3.05) is 37.8 Å². The Kier molecular flexibility index (Phi) is 17.3. The number of benzene rings is 2. The van der Waals surface area contributed by atoms with E-state index in [0.29, 0.717) is 60.4 Å². The first kappa shape index (κ1) is 60.1. The van der Waals surface area contributed by atoms with Crippen LogP contribution in [0.3, 0.4) is 0 Å². The van der Waals surface area contributed by atoms with Crippen LogP contribution >= 0.6 is 22.7 Å². The van der Waals surface area contributed by atoms with Gasteiger partial charge < -0.3 is 52.7 Å². The first-order valence-corrected chi connectivity index (χ1v) is 30.5. The van der Waals surface area contributed by atoms with Crippen LogP contribution in [0.2, 0.25) is 0 Å². The topological polar surface area (TPSA) is 361 Å². The highest BCUT2D eigenvalue weighted by Gasteiger charge is 2.61. The number of thiazole rings is 2. The van der Waals surface area contributed by atoms with Crippen molar-refractivity contribution in [1.29, 1.82) is 0 Å². The van der Waals surface area contributed by atoms with Gasteiger partial charge in [-0.3, -0.25) is 19.2 Å². The van der Waals surface area contributed by atoms with Gasteiger partial charge in [-0.1, -0.05) is 22.4 Å². The number of aromatic nitrogens is 6. The number of fused-ring (bicyclic) bond motifs is 2. The number of ether oxygens (including phenoxy) is 2. The lowest BCUT2D eigenvalue weighted by molar-refractivity contribution is -0.753. The molecule has 452 valence electrons. The second-order valence-electron chi connectivity index (χ2n) is 21.9. The number of anilines is 2. The van der Waals surface area contributed by atoms with Crippen LogP contribution < -0.4 is 52.4 Å². The SMILES string of the molecule is C[n+]1cc(-c2ccc3c(c2)CC[C@@H](CO/N=C(\C(=O)N[C@@H]2C(=O)N(OS(=O)(=O)ON4C(=O)[C@@H](NC(=O)/C(=N\OC[C@@H]5CCc6cc(-c7cn(CCCN)[n+](C)c7)ccc6O5)c5csc(N)n5)C4(C)C)C2(C)C)c2csc(N)n2)O3)cn1CCCN. The monoisotopic (exact) mass is 1230 g/mol. The largest absolute Gasteiger partial charge is 0.486 e. The number of β-lactam (4-membered cyclic amide) rings is 2. The normalized spacial score (nSPS) is 19.9. The molecule has 4 aliphatic rings. The zero-order valence-electron chi connectivity index (χ0n) is 47.6. The third kappa shape index (κ3) is 12.8. The van der Waals surface area contributed by atoms with Gasteiger partial charge in [0.15, 0.2) is 49.0 Å². The molecule has 2 saturated heterocycles. The van der Waals surface area contributed by atoms with Crippen molar-refractivity contribution >= 4 is 78.4 Å². The van der Waals surface area contributed by atoms with E-state index >= 15 is 0 Å². The molecule has 2 fully saturated rings. The Hall–Kier alpha value is -8.07. The number of hydrogen-bond donors (Lipinski definition) is 6. The zero-order chi connectivity index (χ0) is 60.5. The van der Waals surface area contributed by atoms with E-state index in [4.69, 9.17) is 50.7 Å². The van der Waals surface area contributed by atoms with Crippen LogP contribution in [0, 0.1) is 0 Å². The zero-order valence-corrected chi connectivity index (χ0v) is 50.1. The first-order valence-electron chi connectivity index (χ1n) is 27.4. The standard InChI is InChI=1S/C54H66N16O12S3/c1-53(2)45(61-47(71)43(39-29-83-51(57)59-39)63-77-27-37-13-9-33-21-31(11-15-41(33)79-37)35-23-65(5)67(25-35)19-7-17-55)49(73)69(53)81-85(75,76)82-70-50(74)46(54(70,3)4)62-48(72)44(40-30-84-52(58)60-40)64-78-28-38-14-10-34-22-32(12-16-42(34)80-38)36-24-66(6)68(26-36)20-8-18-56/h11-12,15-16,21-26,29-30,37-38,45-46H,7-10,13-14,17-20,27-28,55-56H2,1-6H3,(H4-2,57,58,59,60,61,62,71,72)/p+2/b63-43-,64-44-/t37-,38-,45+,46+/m0/s1. The van der Waals surface area contributed by atoms with Crippen LogP contribution in [0.1, 0.15) is 75.9 Å². The van der Waals surface area contributed by atoms with Gasteiger partial charge in [0.1, 0.15) is 47.2 Å². The highest BCUT2D eigenvalue weighted by molar-refractivity contribution is 7.81. The average Bonchev–Trinajstić information content (AvgIpc) is 1.65. The van der Waals surface area contributed by atoms with E-state index in [1.807, 2.05) is 47.7 Å². The first-order chi connectivity index (χ1) is 40.5. The maximum Gasteiger partial charge on any atom is 0.442 e. The number of nitrogens with two attached hydrogens (primary N) is 4. The second kappa shape index (κ2) is 24.5. The summed E-state index contributed by atoms with van der Waals surface area (Å²) in [5.41, 5.74) is 26.0. The molecule has 4 aromatic heterocycles. The summed E-state index contributed by atoms with van der Waals surface area (Å²) in [5.74, 6) is -2.36. The lowest BCUT2D eigenvalue weighted by Crippen LogP contribution is -2.78. The number of amides is 4. The lowest BCUT2D eigenvalue weighted by Gasteiger charge is -2.52. The van der Waals surface area contributed by atoms with E-state index in [0.717, 1.165) is 82.0 Å². The summed E-state index contributed by atoms with van der Waals surface area (Å²) in [6.45, 7) is 8.45. The van der Waals surface area contributed by atoms with Gasteiger partial charge in [0.05, 0.1) is 47.7 Å². The van der Waals surface area contributed by atoms with Crippen molar-refractivity contribution in [1.82, 2.24) is 40.1 Å². The minimum Gasteiger partial charge on any atom is -0.486 e. The van der Waals surface area contributed by atoms with Gasteiger partial charge in [-0.25, -0.2) is 9.97 Å². The molecule has 0 spiro atoms. The van der Waals surface area contributed by atoms with E-state index < -0.39 is 69.4 Å². The summed E-state index contributed by atoms with van der Waals surface area (Å²) in [4.78, 5) is 74.8. The number of carbonyl (C=O) groups is 4. The fraction of sp³-hybridized carbons (Fsp3) is 0.444. The molecular formula is C54H68N16O12S3+2. The van der Waals surface area contributed by atoms with Gasteiger partial charge in [0.2, 0.25) is 12.4 Å². The van der Waals surface area contributed by atoms with Crippen LogP contribution in [0.15, 0.2) is 82.3 Å². The summed E-state index contributed by atoms with van der Waals surface area (Å²) in [7, 11) is -1.25. The Morgan fingerprint density at radius 2 is 1.11 bits per heavy atom. The molecule has 0 aliphatic carbocycles. The Balaban J connectivity index is 0.718. The molecule has 8 heterocycles. The van der Waals surface area contributed by atoms with Gasteiger partial charge >= 0.3 is 10.4 Å². The van der Waals surface area contributed by atoms with Gasteiger partial charge in [-0.15, -0.1) is 40.6 Å². The summed E-state index contributed by atoms with van der Waals surface area (Å²) < 4.78 is 58.0. The average molecular weight is 1230 g/mol. The maximum absolute atomic E-state index is 13.9. The van der Waals surface area contributed by atoms with Crippen molar-refractivity contribution in [3.63, 3.8) is 0 Å². The molecule has 0 radical (unpaired) electrons. The highest BCUT2D eigenvalue weighted by atomic mass is 32.3. The van der Waals surface area contributed by atoms with E-state index in [9.17, 15) is 27.6 Å². The van der Waals surface area contributed by atoms with Crippen LogP contribution in [0.4, 0.5) is 10.3 Å². The number of aryl methyl sites for hydroxylation is 6. The van der Waals surface area contributed by atoms with Crippen molar-refractivity contribution in [3.8, 4) is 33.8 Å². The number of oxime groups is 2. The van der Waals surface area contributed by atoms with Crippen LogP contribution in [-0.2, 0) is 87.8 Å². The summed E-state index contributed by atoms with van der Waals surface area (Å²) in [6, 6.07) is 9.31. The minimum atomic E-state index is -5.23. The lowest BCUT2D eigenvalue weighted by atomic mass is 9.84. The summed E-state index contributed by atoms with van der Waals surface area (Å²) in [6.07, 6.45) is 11.8. The molecule has 0 unspecified atom stereocenters. The van der Waals surface area contributed by atoms with E-state index in [1.54, 1.807) is 0 Å². The van der Waals surface area contributed by atoms with Crippen LogP contribution in [0.5, 0.6) is 11.5 Å². The number of carbonyl (C=O) groups excluding carboxylic acids is 4. The number of nitrogens with zero attached hydrogens (tertiary/aromatic N) is 10. The Morgan fingerprint density at radius 1 is 0.694 bits per heavy atom. The quantitative estimate of drug-likeness (QED) is 0.0215. The van der Waals surface area contributed by atoms with E-state index in [1.165, 1.54) is 38.5 Å². The molecular weight excluding hydrogens is 1160 g/mol. The van der Waals surface area contributed by atoms with Gasteiger partial charge in [-0.2, -0.15) is 27.9 Å². The second-order valence-corrected chi connectivity index (χ2v) is 24.8. The molecule has 10 rings (SSSR count). The Labute approximate surface area is 497 Å². The molecule has 4 amide bonds. The van der Waals surface area contributed by atoms with Crippen LogP contribution in [0.25, 0.3) is 22.3 Å². The number of hydrogen-bond acceptors (Lipinski definition) is 22. The number of nitrogens with one attached hydrogen (secondary N) is 2. The minimum absolute atomic E-state index is 0.0389. The molecule has 31 heteroatoms. The van der Waals surface area contributed by atoms with E-state index in [-0.39, 0.29) is 46.3 Å². The highest BCUT2D eigenvalue weighted by Crippen LogP contribution is 2.38. The van der Waals surface area contributed by atoms with Crippen molar-refractivity contribution in [3.05, 3.63) is 94.5 Å². The number of rotatable bonds is 24. The predicted molar refractivity (Wildman–Crippen MR) is 310 cm³/mol. The molecule has 28 nitrogen and oxygen atoms in total. The molecule has 10 N–H and O–H groups in total. The molecule has 6 aromatic rings. The Bertz CT molecular complexity index is 3470. The molecule has 85 heavy (non-hydrogen) atoms. The van der Waals surface area contributed by atoms with Gasteiger partial charge in [-0.05, 0) is 126 Å². The van der Waals surface area contributed by atoms with Crippen molar-refractivity contribution in [2.24, 2.45) is 35.9 Å². The maximum atomic E-state index is 13.9. The number of nitrogen functional groups attached to an aromatic ring is 2. The molecule has 2 aromatic carbocycles. The molecule has 0 bridgehead atoms. The molecule has 4 aliphatic heterocycles. The number of hydroxylamine groups is 4.